The van der Waals surface area contributed by atoms with Gasteiger partial charge in [-0.25, -0.2) is 13.1 Å². The summed E-state index contributed by atoms with van der Waals surface area (Å²) in [5.41, 5.74) is 2.45. The fraction of sp³-hybridized carbons (Fsp3) is 0.333. The van der Waals surface area contributed by atoms with Gasteiger partial charge in [0.05, 0.1) is 22.9 Å². The van der Waals surface area contributed by atoms with Gasteiger partial charge in [0, 0.05) is 6.04 Å². The second kappa shape index (κ2) is 8.41. The minimum absolute atomic E-state index is 0.157. The van der Waals surface area contributed by atoms with Gasteiger partial charge in [-0.15, -0.1) is 0 Å². The molecule has 0 aliphatic carbocycles. The molecule has 0 saturated carbocycles. The van der Waals surface area contributed by atoms with Crippen molar-refractivity contribution < 1.29 is 13.2 Å². The molecule has 0 saturated heterocycles. The molecule has 0 spiro atoms. The lowest BCUT2D eigenvalue weighted by molar-refractivity contribution is 0.411. The van der Waals surface area contributed by atoms with Crippen LogP contribution in [0.15, 0.2) is 36.4 Å². The third kappa shape index (κ3) is 5.35. The van der Waals surface area contributed by atoms with Crippen LogP contribution in [0.4, 0.5) is 0 Å². The zero-order valence-electron chi connectivity index (χ0n) is 14.3. The Balaban J connectivity index is 2.18. The molecule has 0 aliphatic rings. The number of sulfonamides is 1. The predicted molar refractivity (Wildman–Crippen MR) is 103 cm³/mol. The second-order valence-corrected chi connectivity index (χ2v) is 8.38. The number of hydrogen-bond acceptors (Lipinski definition) is 3. The van der Waals surface area contributed by atoms with Crippen LogP contribution in [-0.4, -0.2) is 15.5 Å². The van der Waals surface area contributed by atoms with E-state index in [1.165, 1.54) is 0 Å². The number of ether oxygens (including phenoxy) is 1. The lowest BCUT2D eigenvalue weighted by Crippen LogP contribution is -2.29. The Labute approximate surface area is 159 Å². The van der Waals surface area contributed by atoms with Gasteiger partial charge in [0.25, 0.3) is 0 Å². The Morgan fingerprint density at radius 2 is 1.84 bits per heavy atom. The molecule has 0 bridgehead atoms. The van der Waals surface area contributed by atoms with E-state index in [9.17, 15) is 8.42 Å². The minimum Gasteiger partial charge on any atom is -0.496 e. The molecule has 2 rings (SSSR count). The molecule has 0 amide bonds. The van der Waals surface area contributed by atoms with E-state index in [2.05, 4.69) is 4.72 Å². The lowest BCUT2D eigenvalue weighted by atomic mass is 10.0. The summed E-state index contributed by atoms with van der Waals surface area (Å²) in [6.45, 7) is 3.87. The number of benzene rings is 2. The van der Waals surface area contributed by atoms with Gasteiger partial charge in [-0.3, -0.25) is 0 Å². The van der Waals surface area contributed by atoms with Crippen LogP contribution >= 0.6 is 23.2 Å². The molecule has 2 aromatic carbocycles. The van der Waals surface area contributed by atoms with Gasteiger partial charge in [0.15, 0.2) is 0 Å². The van der Waals surface area contributed by atoms with Crippen LogP contribution in [0.3, 0.4) is 0 Å². The molecule has 25 heavy (non-hydrogen) atoms. The first-order chi connectivity index (χ1) is 11.8. The number of rotatable bonds is 7. The van der Waals surface area contributed by atoms with E-state index in [0.717, 1.165) is 16.9 Å². The monoisotopic (exact) mass is 401 g/mol. The van der Waals surface area contributed by atoms with Crippen LogP contribution in [-0.2, 0) is 15.8 Å². The fourth-order valence-electron chi connectivity index (χ4n) is 2.61. The van der Waals surface area contributed by atoms with E-state index in [-0.39, 0.29) is 11.8 Å². The van der Waals surface area contributed by atoms with Crippen molar-refractivity contribution in [2.24, 2.45) is 0 Å². The Hall–Kier alpha value is -1.27. The molecule has 0 aromatic heterocycles. The first kappa shape index (κ1) is 20.0. The molecule has 0 fully saturated rings. The summed E-state index contributed by atoms with van der Waals surface area (Å²) in [5, 5.41) is 0.739. The zero-order valence-corrected chi connectivity index (χ0v) is 16.7. The van der Waals surface area contributed by atoms with Crippen molar-refractivity contribution >= 4 is 33.2 Å². The van der Waals surface area contributed by atoms with Crippen molar-refractivity contribution in [1.29, 1.82) is 0 Å². The van der Waals surface area contributed by atoms with Crippen molar-refractivity contribution in [3.05, 3.63) is 63.1 Å². The summed E-state index contributed by atoms with van der Waals surface area (Å²) in [7, 11) is -1.92. The molecule has 1 N–H and O–H groups in total. The van der Waals surface area contributed by atoms with E-state index < -0.39 is 10.0 Å². The largest absolute Gasteiger partial charge is 0.496 e. The SMILES string of the molecule is CC[C@H](NS(=O)(=O)Cc1ccc(Cl)c(Cl)c1)c1ccc(OC)c(C)c1. The number of halogens is 2. The van der Waals surface area contributed by atoms with Crippen LogP contribution in [0.2, 0.25) is 10.0 Å². The number of aryl methyl sites for hydroxylation is 1. The molecule has 0 unspecified atom stereocenters. The van der Waals surface area contributed by atoms with Gasteiger partial charge in [-0.05, 0) is 48.2 Å². The maximum atomic E-state index is 12.5. The van der Waals surface area contributed by atoms with Crippen molar-refractivity contribution in [3.63, 3.8) is 0 Å². The molecule has 0 aliphatic heterocycles. The summed E-state index contributed by atoms with van der Waals surface area (Å²) in [6.07, 6.45) is 0.631. The van der Waals surface area contributed by atoms with Crippen LogP contribution in [0.5, 0.6) is 5.75 Å². The molecule has 136 valence electrons. The first-order valence-electron chi connectivity index (χ1n) is 7.84. The molecule has 7 heteroatoms. The summed E-state index contributed by atoms with van der Waals surface area (Å²) < 4.78 is 33.1. The van der Waals surface area contributed by atoms with E-state index in [1.54, 1.807) is 25.3 Å². The molecular weight excluding hydrogens is 381 g/mol. The smallest absolute Gasteiger partial charge is 0.216 e. The summed E-state index contributed by atoms with van der Waals surface area (Å²) in [5.74, 6) is 0.618. The van der Waals surface area contributed by atoms with Crippen molar-refractivity contribution in [3.8, 4) is 5.75 Å². The van der Waals surface area contributed by atoms with E-state index in [1.807, 2.05) is 32.0 Å². The third-order valence-corrected chi connectivity index (χ3v) is 5.99. The maximum absolute atomic E-state index is 12.5. The Bertz CT molecular complexity index is 853. The highest BCUT2D eigenvalue weighted by Crippen LogP contribution is 2.26. The lowest BCUT2D eigenvalue weighted by Gasteiger charge is -2.19. The average molecular weight is 402 g/mol. The standard InChI is InChI=1S/C18H21Cl2NO3S/c1-4-17(14-6-8-18(24-3)12(2)9-14)21-25(22,23)11-13-5-7-15(19)16(20)10-13/h5-10,17,21H,4,11H2,1-3H3/t17-/m0/s1. The van der Waals surface area contributed by atoms with Crippen molar-refractivity contribution in [2.75, 3.05) is 7.11 Å². The summed E-state index contributed by atoms with van der Waals surface area (Å²) in [6, 6.07) is 10.2. The highest BCUT2D eigenvalue weighted by Gasteiger charge is 2.19. The number of methoxy groups -OCH3 is 1. The van der Waals surface area contributed by atoms with Crippen molar-refractivity contribution in [2.45, 2.75) is 32.1 Å². The first-order valence-corrected chi connectivity index (χ1v) is 10.2. The minimum atomic E-state index is -3.54. The van der Waals surface area contributed by atoms with Crippen LogP contribution in [0.1, 0.15) is 36.1 Å². The number of hydrogen-bond donors (Lipinski definition) is 1. The fourth-order valence-corrected chi connectivity index (χ4v) is 4.37. The van der Waals surface area contributed by atoms with Crippen LogP contribution in [0, 0.1) is 6.92 Å². The van der Waals surface area contributed by atoms with Gasteiger partial charge < -0.3 is 4.74 Å². The molecule has 0 radical (unpaired) electrons. The zero-order chi connectivity index (χ0) is 18.6. The number of nitrogens with one attached hydrogen (secondary N) is 1. The van der Waals surface area contributed by atoms with E-state index >= 15 is 0 Å². The molecule has 2 aromatic rings. The average Bonchev–Trinajstić information content (AvgIpc) is 2.55. The summed E-state index contributed by atoms with van der Waals surface area (Å²) in [4.78, 5) is 0. The molecule has 1 atom stereocenters. The predicted octanol–water partition coefficient (Wildman–Crippen LogP) is 4.88. The Morgan fingerprint density at radius 3 is 2.40 bits per heavy atom. The van der Waals surface area contributed by atoms with Gasteiger partial charge in [-0.2, -0.15) is 0 Å². The topological polar surface area (TPSA) is 55.4 Å². The quantitative estimate of drug-likeness (QED) is 0.718. The van der Waals surface area contributed by atoms with Crippen LogP contribution < -0.4 is 9.46 Å². The van der Waals surface area contributed by atoms with Gasteiger partial charge in [-0.1, -0.05) is 48.3 Å². The van der Waals surface area contributed by atoms with Gasteiger partial charge in [0.1, 0.15) is 5.75 Å². The van der Waals surface area contributed by atoms with Gasteiger partial charge >= 0.3 is 0 Å². The highest BCUT2D eigenvalue weighted by atomic mass is 35.5. The molecule has 0 heterocycles. The van der Waals surface area contributed by atoms with Gasteiger partial charge in [0.2, 0.25) is 10.0 Å². The normalized spacial score (nSPS) is 12.8. The molecular formula is C18H21Cl2NO3S. The third-order valence-electron chi connectivity index (χ3n) is 3.89. The second-order valence-electron chi connectivity index (χ2n) is 5.82. The Morgan fingerprint density at radius 1 is 1.12 bits per heavy atom. The molecule has 4 nitrogen and oxygen atoms in total. The van der Waals surface area contributed by atoms with E-state index in [4.69, 9.17) is 27.9 Å². The maximum Gasteiger partial charge on any atom is 0.216 e. The van der Waals surface area contributed by atoms with Crippen LogP contribution in [0.25, 0.3) is 0 Å². The van der Waals surface area contributed by atoms with E-state index in [0.29, 0.717) is 22.0 Å². The highest BCUT2D eigenvalue weighted by molar-refractivity contribution is 7.88. The Kier molecular flexibility index (Phi) is 6.74. The summed E-state index contributed by atoms with van der Waals surface area (Å²) >= 11 is 11.8. The van der Waals surface area contributed by atoms with Crippen molar-refractivity contribution in [1.82, 2.24) is 4.72 Å².